The van der Waals surface area contributed by atoms with Gasteiger partial charge < -0.3 is 5.11 Å². The molecule has 1 atom stereocenters. The van der Waals surface area contributed by atoms with Crippen LogP contribution in [-0.4, -0.2) is 5.11 Å². The van der Waals surface area contributed by atoms with Crippen LogP contribution in [0.4, 0.5) is 0 Å². The van der Waals surface area contributed by atoms with Gasteiger partial charge in [-0.15, -0.1) is 6.42 Å². The van der Waals surface area contributed by atoms with Crippen LogP contribution < -0.4 is 0 Å². The van der Waals surface area contributed by atoms with Crippen molar-refractivity contribution in [1.82, 2.24) is 0 Å². The second kappa shape index (κ2) is 3.43. The fraction of sp³-hybridized carbons (Fsp3) is 0.111. The maximum absolute atomic E-state index is 9.19. The number of terminal acetylenes is 1. The van der Waals surface area contributed by atoms with E-state index in [4.69, 9.17) is 18.0 Å². The third-order valence-electron chi connectivity index (χ3n) is 1.36. The van der Waals surface area contributed by atoms with Gasteiger partial charge in [-0.05, 0) is 6.07 Å². The summed E-state index contributed by atoms with van der Waals surface area (Å²) in [5, 5.41) is 9.69. The van der Waals surface area contributed by atoms with Gasteiger partial charge in [-0.3, -0.25) is 0 Å². The zero-order valence-electron chi connectivity index (χ0n) is 5.79. The average Bonchev–Trinajstić information content (AvgIpc) is 2.04. The third kappa shape index (κ3) is 1.74. The van der Waals surface area contributed by atoms with E-state index in [9.17, 15) is 5.11 Å². The highest BCUT2D eigenvalue weighted by atomic mass is 35.5. The summed E-state index contributed by atoms with van der Waals surface area (Å²) in [6.07, 6.45) is 4.11. The van der Waals surface area contributed by atoms with Crippen molar-refractivity contribution in [1.29, 1.82) is 0 Å². The highest BCUT2D eigenvalue weighted by Crippen LogP contribution is 2.21. The molecule has 0 heterocycles. The SMILES string of the molecule is C#C[C@@H](O)c1ccccc1Cl. The largest absolute Gasteiger partial charge is 0.376 e. The molecule has 0 fully saturated rings. The van der Waals surface area contributed by atoms with Crippen LogP contribution in [0.5, 0.6) is 0 Å². The van der Waals surface area contributed by atoms with Crippen molar-refractivity contribution in [3.8, 4) is 12.3 Å². The molecule has 0 saturated carbocycles. The molecule has 11 heavy (non-hydrogen) atoms. The Hall–Kier alpha value is -0.970. The molecule has 56 valence electrons. The van der Waals surface area contributed by atoms with E-state index in [1.54, 1.807) is 24.3 Å². The molecular weight excluding hydrogens is 160 g/mol. The van der Waals surface area contributed by atoms with Gasteiger partial charge in [0.15, 0.2) is 0 Å². The van der Waals surface area contributed by atoms with Crippen LogP contribution in [0.2, 0.25) is 5.02 Å². The molecule has 1 nitrogen and oxygen atoms in total. The predicted molar refractivity (Wildman–Crippen MR) is 45.2 cm³/mol. The van der Waals surface area contributed by atoms with Gasteiger partial charge in [0.25, 0.3) is 0 Å². The molecule has 0 saturated heterocycles. The Bertz CT molecular complexity index is 288. The molecule has 0 aliphatic rings. The number of halogens is 1. The van der Waals surface area contributed by atoms with E-state index in [2.05, 4.69) is 5.92 Å². The summed E-state index contributed by atoms with van der Waals surface area (Å²) < 4.78 is 0. The lowest BCUT2D eigenvalue weighted by Gasteiger charge is -2.04. The van der Waals surface area contributed by atoms with Gasteiger partial charge in [0.2, 0.25) is 0 Å². The van der Waals surface area contributed by atoms with Gasteiger partial charge >= 0.3 is 0 Å². The van der Waals surface area contributed by atoms with Crippen molar-refractivity contribution in [2.24, 2.45) is 0 Å². The van der Waals surface area contributed by atoms with E-state index in [-0.39, 0.29) is 0 Å². The Labute approximate surface area is 70.6 Å². The van der Waals surface area contributed by atoms with Crippen LogP contribution in [0.1, 0.15) is 11.7 Å². The summed E-state index contributed by atoms with van der Waals surface area (Å²) in [4.78, 5) is 0. The van der Waals surface area contributed by atoms with Crippen LogP contribution in [0.25, 0.3) is 0 Å². The first-order valence-electron chi connectivity index (χ1n) is 3.14. The number of hydrogen-bond donors (Lipinski definition) is 1. The summed E-state index contributed by atoms with van der Waals surface area (Å²) in [7, 11) is 0. The van der Waals surface area contributed by atoms with Gasteiger partial charge in [0, 0.05) is 10.6 Å². The monoisotopic (exact) mass is 166 g/mol. The minimum Gasteiger partial charge on any atom is -0.376 e. The fourth-order valence-electron chi connectivity index (χ4n) is 0.787. The van der Waals surface area contributed by atoms with E-state index in [0.29, 0.717) is 10.6 Å². The zero-order chi connectivity index (χ0) is 8.27. The van der Waals surface area contributed by atoms with Crippen molar-refractivity contribution in [2.75, 3.05) is 0 Å². The topological polar surface area (TPSA) is 20.2 Å². The molecule has 0 aliphatic carbocycles. The summed E-state index contributed by atoms with van der Waals surface area (Å²) in [5.41, 5.74) is 0.580. The summed E-state index contributed by atoms with van der Waals surface area (Å²) in [6, 6.07) is 6.96. The van der Waals surface area contributed by atoms with Gasteiger partial charge in [-0.25, -0.2) is 0 Å². The molecule has 1 N–H and O–H groups in total. The highest BCUT2D eigenvalue weighted by molar-refractivity contribution is 6.31. The molecule has 1 aromatic rings. The molecule has 0 aromatic heterocycles. The smallest absolute Gasteiger partial charge is 0.141 e. The maximum atomic E-state index is 9.19. The van der Waals surface area contributed by atoms with Gasteiger partial charge in [0.1, 0.15) is 6.10 Å². The molecule has 0 bridgehead atoms. The van der Waals surface area contributed by atoms with Crippen molar-refractivity contribution in [3.05, 3.63) is 34.9 Å². The first-order chi connectivity index (χ1) is 5.25. The molecule has 0 aliphatic heterocycles. The van der Waals surface area contributed by atoms with Gasteiger partial charge in [0.05, 0.1) is 0 Å². The lowest BCUT2D eigenvalue weighted by molar-refractivity contribution is 0.238. The van der Waals surface area contributed by atoms with Crippen LogP contribution in [0, 0.1) is 12.3 Å². The Balaban J connectivity index is 3.05. The summed E-state index contributed by atoms with van der Waals surface area (Å²) in [5.74, 6) is 2.19. The van der Waals surface area contributed by atoms with E-state index in [1.165, 1.54) is 0 Å². The lowest BCUT2D eigenvalue weighted by Crippen LogP contribution is -1.93. The van der Waals surface area contributed by atoms with Crippen molar-refractivity contribution >= 4 is 11.6 Å². The highest BCUT2D eigenvalue weighted by Gasteiger charge is 2.05. The van der Waals surface area contributed by atoms with Gasteiger partial charge in [-0.2, -0.15) is 0 Å². The molecule has 0 unspecified atom stereocenters. The fourth-order valence-corrected chi connectivity index (χ4v) is 1.03. The Morgan fingerprint density at radius 2 is 2.09 bits per heavy atom. The Kier molecular flexibility index (Phi) is 2.53. The van der Waals surface area contributed by atoms with E-state index >= 15 is 0 Å². The van der Waals surface area contributed by atoms with Crippen LogP contribution in [-0.2, 0) is 0 Å². The van der Waals surface area contributed by atoms with E-state index in [1.807, 2.05) is 0 Å². The first-order valence-corrected chi connectivity index (χ1v) is 3.52. The number of rotatable bonds is 1. The Morgan fingerprint density at radius 3 is 2.64 bits per heavy atom. The standard InChI is InChI=1S/C9H7ClO/c1-2-9(11)7-5-3-4-6-8(7)10/h1,3-6,9,11H/t9-/m1/s1. The Morgan fingerprint density at radius 1 is 1.45 bits per heavy atom. The first kappa shape index (κ1) is 8.13. The third-order valence-corrected chi connectivity index (χ3v) is 1.70. The molecule has 0 radical (unpaired) electrons. The summed E-state index contributed by atoms with van der Waals surface area (Å²) in [6.45, 7) is 0. The molecule has 1 aromatic carbocycles. The summed E-state index contributed by atoms with van der Waals surface area (Å²) >= 11 is 5.74. The molecule has 1 rings (SSSR count). The van der Waals surface area contributed by atoms with Crippen molar-refractivity contribution in [2.45, 2.75) is 6.10 Å². The average molecular weight is 167 g/mol. The normalized spacial score (nSPS) is 12.1. The zero-order valence-corrected chi connectivity index (χ0v) is 6.55. The molecule has 0 amide bonds. The second-order valence-corrected chi connectivity index (χ2v) is 2.50. The predicted octanol–water partition coefficient (Wildman–Crippen LogP) is 2.01. The number of hydrogen-bond acceptors (Lipinski definition) is 1. The minimum absolute atomic E-state index is 0.498. The van der Waals surface area contributed by atoms with Crippen molar-refractivity contribution < 1.29 is 5.11 Å². The maximum Gasteiger partial charge on any atom is 0.141 e. The molecule has 2 heteroatoms. The van der Waals surface area contributed by atoms with Crippen LogP contribution in [0.15, 0.2) is 24.3 Å². The molecule has 0 spiro atoms. The van der Waals surface area contributed by atoms with E-state index < -0.39 is 6.10 Å². The van der Waals surface area contributed by atoms with Crippen LogP contribution >= 0.6 is 11.6 Å². The van der Waals surface area contributed by atoms with Gasteiger partial charge in [-0.1, -0.05) is 35.7 Å². The van der Waals surface area contributed by atoms with Crippen molar-refractivity contribution in [3.63, 3.8) is 0 Å². The number of aliphatic hydroxyl groups excluding tert-OH is 1. The number of benzene rings is 1. The second-order valence-electron chi connectivity index (χ2n) is 2.09. The van der Waals surface area contributed by atoms with Crippen LogP contribution in [0.3, 0.4) is 0 Å². The lowest BCUT2D eigenvalue weighted by atomic mass is 10.1. The molecular formula is C9H7ClO. The minimum atomic E-state index is -0.899. The van der Waals surface area contributed by atoms with E-state index in [0.717, 1.165) is 0 Å². The number of aliphatic hydroxyl groups is 1. The quantitative estimate of drug-likeness (QED) is 0.633.